The SMILES string of the molecule is [CH]1C=CC=C1.[Co].[Se]/C(=C(\[Se])c1ccccc1)c1ccccc1. The number of allylic oxidation sites excluding steroid dienone is 4. The van der Waals surface area contributed by atoms with Crippen molar-refractivity contribution in [2.75, 3.05) is 0 Å². The van der Waals surface area contributed by atoms with Crippen molar-refractivity contribution in [3.05, 3.63) is 103 Å². The van der Waals surface area contributed by atoms with Gasteiger partial charge < -0.3 is 0 Å². The van der Waals surface area contributed by atoms with Crippen LogP contribution in [0.25, 0.3) is 8.94 Å². The van der Waals surface area contributed by atoms with Gasteiger partial charge in [-0.2, -0.15) is 0 Å². The van der Waals surface area contributed by atoms with Gasteiger partial charge in [-0.3, -0.25) is 0 Å². The van der Waals surface area contributed by atoms with Crippen LogP contribution < -0.4 is 0 Å². The van der Waals surface area contributed by atoms with Crippen LogP contribution in [0.3, 0.4) is 0 Å². The molecule has 0 atom stereocenters. The quantitative estimate of drug-likeness (QED) is 0.467. The van der Waals surface area contributed by atoms with Crippen molar-refractivity contribution >= 4 is 41.0 Å². The van der Waals surface area contributed by atoms with Crippen molar-refractivity contribution in [2.45, 2.75) is 0 Å². The Morgan fingerprint density at radius 1 is 0.545 bits per heavy atom. The summed E-state index contributed by atoms with van der Waals surface area (Å²) < 4.78 is 2.32. The van der Waals surface area contributed by atoms with E-state index < -0.39 is 0 Å². The average molecular weight is 460 g/mol. The molecule has 112 valence electrons. The molecule has 0 unspecified atom stereocenters. The van der Waals surface area contributed by atoms with Crippen molar-refractivity contribution in [3.63, 3.8) is 0 Å². The van der Waals surface area contributed by atoms with Crippen molar-refractivity contribution in [1.29, 1.82) is 0 Å². The molecular formula is C19H15CoSe2. The van der Waals surface area contributed by atoms with Crippen LogP contribution in [0.2, 0.25) is 0 Å². The molecule has 0 amide bonds. The van der Waals surface area contributed by atoms with Crippen molar-refractivity contribution in [1.82, 2.24) is 0 Å². The van der Waals surface area contributed by atoms with Gasteiger partial charge in [0.1, 0.15) is 0 Å². The van der Waals surface area contributed by atoms with Gasteiger partial charge in [-0.05, 0) is 0 Å². The van der Waals surface area contributed by atoms with E-state index in [0.29, 0.717) is 0 Å². The molecule has 0 heterocycles. The predicted molar refractivity (Wildman–Crippen MR) is 93.8 cm³/mol. The Morgan fingerprint density at radius 3 is 1.18 bits per heavy atom. The van der Waals surface area contributed by atoms with Crippen LogP contribution in [0.1, 0.15) is 11.1 Å². The summed E-state index contributed by atoms with van der Waals surface area (Å²) in [4.78, 5) is 0. The summed E-state index contributed by atoms with van der Waals surface area (Å²) in [7, 11) is 0. The summed E-state index contributed by atoms with van der Waals surface area (Å²) in [6.45, 7) is 0. The maximum atomic E-state index is 3.14. The van der Waals surface area contributed by atoms with Gasteiger partial charge in [0, 0.05) is 23.2 Å². The van der Waals surface area contributed by atoms with Gasteiger partial charge in [-0.15, -0.1) is 0 Å². The van der Waals surface area contributed by atoms with Gasteiger partial charge in [0.25, 0.3) is 0 Å². The van der Waals surface area contributed by atoms with Gasteiger partial charge in [-0.1, -0.05) is 24.3 Å². The van der Waals surface area contributed by atoms with Gasteiger partial charge in [0.15, 0.2) is 0 Å². The van der Waals surface area contributed by atoms with Crippen molar-refractivity contribution in [2.24, 2.45) is 0 Å². The molecule has 0 nitrogen and oxygen atoms in total. The Labute approximate surface area is 159 Å². The molecule has 2 aromatic rings. The summed E-state index contributed by atoms with van der Waals surface area (Å²) in [6, 6.07) is 20.7. The van der Waals surface area contributed by atoms with E-state index >= 15 is 0 Å². The van der Waals surface area contributed by atoms with Gasteiger partial charge in [-0.25, -0.2) is 0 Å². The standard InChI is InChI=1S/C14H10Se2.C5H5.Co/c15-13(11-7-3-1-4-8-11)14(16)12-9-5-2-6-10-12;1-2-4-5-3-1;/h1-10H;1-5H;/b14-13-;;. The van der Waals surface area contributed by atoms with Crippen LogP contribution in [0, 0.1) is 6.42 Å². The van der Waals surface area contributed by atoms with E-state index in [0.717, 1.165) is 8.94 Å². The molecular weight excluding hydrogens is 445 g/mol. The Morgan fingerprint density at radius 2 is 0.909 bits per heavy atom. The third kappa shape index (κ3) is 6.14. The summed E-state index contributed by atoms with van der Waals surface area (Å²) >= 11 is 6.28. The van der Waals surface area contributed by atoms with Crippen LogP contribution >= 0.6 is 0 Å². The van der Waals surface area contributed by atoms with E-state index in [2.05, 4.69) is 56.3 Å². The van der Waals surface area contributed by atoms with Crippen LogP contribution in [0.4, 0.5) is 0 Å². The molecule has 4 radical (unpaired) electrons. The van der Waals surface area contributed by atoms with Gasteiger partial charge >= 0.3 is 113 Å². The minimum atomic E-state index is 0. The fourth-order valence-corrected chi connectivity index (χ4v) is 2.83. The topological polar surface area (TPSA) is 0 Å². The summed E-state index contributed by atoms with van der Waals surface area (Å²) in [6.07, 6.45) is 10.0. The molecule has 3 rings (SSSR count). The van der Waals surface area contributed by atoms with E-state index in [9.17, 15) is 0 Å². The minimum absolute atomic E-state index is 0. The van der Waals surface area contributed by atoms with Crippen LogP contribution in [0.15, 0.2) is 85.0 Å². The number of benzene rings is 2. The number of hydrogen-bond donors (Lipinski definition) is 0. The molecule has 0 fully saturated rings. The molecule has 2 aromatic carbocycles. The van der Waals surface area contributed by atoms with Crippen LogP contribution in [-0.4, -0.2) is 32.0 Å². The van der Waals surface area contributed by atoms with Crippen molar-refractivity contribution < 1.29 is 16.8 Å². The van der Waals surface area contributed by atoms with E-state index in [1.807, 2.05) is 67.1 Å². The van der Waals surface area contributed by atoms with E-state index in [1.54, 1.807) is 0 Å². The molecule has 0 aromatic heterocycles. The summed E-state index contributed by atoms with van der Waals surface area (Å²) in [5, 5.41) is 0. The molecule has 1 aliphatic rings. The molecule has 3 heteroatoms. The van der Waals surface area contributed by atoms with Crippen LogP contribution in [0.5, 0.6) is 0 Å². The molecule has 0 spiro atoms. The molecule has 0 N–H and O–H groups in total. The normalized spacial score (nSPS) is 12.7. The molecule has 22 heavy (non-hydrogen) atoms. The fourth-order valence-electron chi connectivity index (χ4n) is 1.76. The second kappa shape index (κ2) is 10.9. The fraction of sp³-hybridized carbons (Fsp3) is 0. The van der Waals surface area contributed by atoms with E-state index in [4.69, 9.17) is 0 Å². The Hall–Kier alpha value is -0.795. The monoisotopic (exact) mass is 462 g/mol. The molecule has 0 saturated heterocycles. The predicted octanol–water partition coefficient (Wildman–Crippen LogP) is 4.16. The molecule has 0 aliphatic heterocycles. The first-order valence-corrected chi connectivity index (χ1v) is 8.36. The van der Waals surface area contributed by atoms with Gasteiger partial charge in [0.05, 0.1) is 0 Å². The van der Waals surface area contributed by atoms with Gasteiger partial charge in [0.2, 0.25) is 0 Å². The Balaban J connectivity index is 0.000000344. The first-order valence-electron chi connectivity index (χ1n) is 6.65. The third-order valence-electron chi connectivity index (χ3n) is 2.83. The zero-order valence-electron chi connectivity index (χ0n) is 11.8. The second-order valence-corrected chi connectivity index (χ2v) is 6.07. The first-order chi connectivity index (χ1) is 10.3. The van der Waals surface area contributed by atoms with E-state index in [-0.39, 0.29) is 16.8 Å². The summed E-state index contributed by atoms with van der Waals surface area (Å²) in [5.74, 6) is 0. The molecule has 0 saturated carbocycles. The van der Waals surface area contributed by atoms with Crippen molar-refractivity contribution in [3.8, 4) is 0 Å². The number of hydrogen-bond acceptors (Lipinski definition) is 0. The summed E-state index contributed by atoms with van der Waals surface area (Å²) in [5.41, 5.74) is 2.42. The molecule has 0 bridgehead atoms. The number of rotatable bonds is 2. The first kappa shape index (κ1) is 19.3. The third-order valence-corrected chi connectivity index (χ3v) is 5.33. The molecule has 1 aliphatic carbocycles. The zero-order valence-corrected chi connectivity index (χ0v) is 16.3. The second-order valence-electron chi connectivity index (χ2n) is 4.35. The Kier molecular flexibility index (Phi) is 9.50. The zero-order chi connectivity index (χ0) is 14.9. The maximum absolute atomic E-state index is 3.14. The van der Waals surface area contributed by atoms with E-state index in [1.165, 1.54) is 11.1 Å². The van der Waals surface area contributed by atoms with Crippen LogP contribution in [-0.2, 0) is 16.8 Å². The average Bonchev–Trinajstić information content (AvgIpc) is 3.15. The Bertz CT molecular complexity index is 586.